The molecule has 0 unspecified atom stereocenters. The van der Waals surface area contributed by atoms with E-state index in [2.05, 4.69) is 0 Å². The molecule has 1 N–H and O–H groups in total. The predicted molar refractivity (Wildman–Crippen MR) is 76.6 cm³/mol. The molecule has 0 spiro atoms. The van der Waals surface area contributed by atoms with Crippen molar-refractivity contribution in [2.75, 3.05) is 0 Å². The highest BCUT2D eigenvalue weighted by molar-refractivity contribution is 7.93. The van der Waals surface area contributed by atoms with Crippen LogP contribution in [-0.2, 0) is 19.3 Å². The van der Waals surface area contributed by atoms with Crippen molar-refractivity contribution in [2.24, 2.45) is 0 Å². The number of aliphatic hydroxyl groups excluding tert-OH is 1. The molecule has 0 aromatic heterocycles. The minimum absolute atomic E-state index is 0.240. The quantitative estimate of drug-likeness (QED) is 0.851. The van der Waals surface area contributed by atoms with Crippen LogP contribution in [0.2, 0.25) is 0 Å². The molecule has 2 aliphatic rings. The smallest absolute Gasteiger partial charge is 0.228 e. The Morgan fingerprint density at radius 1 is 1.33 bits per heavy atom. The van der Waals surface area contributed by atoms with Gasteiger partial charge in [0.15, 0.2) is 0 Å². The van der Waals surface area contributed by atoms with Gasteiger partial charge < -0.3 is 14.6 Å². The molecule has 21 heavy (non-hydrogen) atoms. The minimum Gasteiger partial charge on any atom is -0.391 e. The Morgan fingerprint density at radius 2 is 1.95 bits per heavy atom. The molecular formula is C15H20O5S. The maximum Gasteiger partial charge on any atom is 0.228 e. The van der Waals surface area contributed by atoms with E-state index >= 15 is 0 Å². The van der Waals surface area contributed by atoms with Crippen LogP contribution < -0.4 is 0 Å². The number of hydrogen-bond acceptors (Lipinski definition) is 5. The van der Waals surface area contributed by atoms with Gasteiger partial charge in [-0.2, -0.15) is 0 Å². The maximum atomic E-state index is 13.0. The average Bonchev–Trinajstić information content (AvgIpc) is 3.10. The lowest BCUT2D eigenvalue weighted by atomic mass is 10.1. The second kappa shape index (κ2) is 4.78. The molecule has 0 saturated carbocycles. The van der Waals surface area contributed by atoms with Gasteiger partial charge in [0.2, 0.25) is 14.8 Å². The van der Waals surface area contributed by atoms with Gasteiger partial charge in [-0.15, -0.1) is 0 Å². The molecule has 2 fully saturated rings. The van der Waals surface area contributed by atoms with Crippen LogP contribution in [0.1, 0.15) is 25.8 Å². The van der Waals surface area contributed by atoms with Gasteiger partial charge in [0, 0.05) is 0 Å². The van der Waals surface area contributed by atoms with Crippen molar-refractivity contribution in [1.29, 1.82) is 0 Å². The molecule has 6 heteroatoms. The van der Waals surface area contributed by atoms with Crippen LogP contribution >= 0.6 is 0 Å². The van der Waals surface area contributed by atoms with E-state index in [1.165, 1.54) is 0 Å². The van der Waals surface area contributed by atoms with Crippen molar-refractivity contribution in [1.82, 2.24) is 0 Å². The third kappa shape index (κ3) is 1.97. The maximum absolute atomic E-state index is 13.0. The van der Waals surface area contributed by atoms with Crippen molar-refractivity contribution in [3.63, 3.8) is 0 Å². The molecule has 5 atom stereocenters. The number of ether oxygens (including phenoxy) is 2. The van der Waals surface area contributed by atoms with Crippen LogP contribution in [-0.4, -0.2) is 42.9 Å². The van der Waals surface area contributed by atoms with Gasteiger partial charge in [0.1, 0.15) is 18.3 Å². The summed E-state index contributed by atoms with van der Waals surface area (Å²) in [5.74, 6) is 0. The van der Waals surface area contributed by atoms with Gasteiger partial charge in [0.05, 0.1) is 11.0 Å². The van der Waals surface area contributed by atoms with Crippen molar-refractivity contribution in [3.8, 4) is 0 Å². The monoisotopic (exact) mass is 312 g/mol. The predicted octanol–water partition coefficient (Wildman–Crippen LogP) is 1.42. The van der Waals surface area contributed by atoms with Crippen LogP contribution in [0.15, 0.2) is 29.2 Å². The van der Waals surface area contributed by atoms with Crippen LogP contribution in [0.5, 0.6) is 0 Å². The zero-order valence-corrected chi connectivity index (χ0v) is 13.1. The Balaban J connectivity index is 2.01. The number of benzene rings is 1. The highest BCUT2D eigenvalue weighted by Crippen LogP contribution is 2.57. The Bertz CT molecular complexity index is 637. The van der Waals surface area contributed by atoms with Crippen LogP contribution in [0.4, 0.5) is 0 Å². The normalized spacial score (nSPS) is 36.3. The van der Waals surface area contributed by atoms with E-state index in [0.717, 1.165) is 5.56 Å². The van der Waals surface area contributed by atoms with Crippen molar-refractivity contribution in [3.05, 3.63) is 29.8 Å². The molecule has 0 radical (unpaired) electrons. The highest BCUT2D eigenvalue weighted by Gasteiger charge is 2.78. The lowest BCUT2D eigenvalue weighted by molar-refractivity contribution is -0.0846. The second-order valence-corrected chi connectivity index (χ2v) is 7.93. The van der Waals surface area contributed by atoms with Crippen molar-refractivity contribution < 1.29 is 23.0 Å². The van der Waals surface area contributed by atoms with Crippen LogP contribution in [0.25, 0.3) is 0 Å². The van der Waals surface area contributed by atoms with E-state index in [-0.39, 0.29) is 4.90 Å². The summed E-state index contributed by atoms with van der Waals surface area (Å²) < 4.78 is 37.2. The van der Waals surface area contributed by atoms with Gasteiger partial charge in [-0.05, 0) is 32.4 Å². The fourth-order valence-electron chi connectivity index (χ4n) is 3.11. The van der Waals surface area contributed by atoms with Gasteiger partial charge in [-0.1, -0.05) is 24.6 Å². The average molecular weight is 312 g/mol. The Hall–Kier alpha value is -0.950. The van der Waals surface area contributed by atoms with Crippen molar-refractivity contribution >= 4 is 9.84 Å². The van der Waals surface area contributed by atoms with Gasteiger partial charge in [-0.3, -0.25) is 0 Å². The zero-order valence-electron chi connectivity index (χ0n) is 12.3. The first-order valence-corrected chi connectivity index (χ1v) is 8.65. The number of rotatable bonds is 4. The molecule has 5 nitrogen and oxygen atoms in total. The molecular weight excluding hydrogens is 292 g/mol. The molecule has 2 aliphatic heterocycles. The molecule has 116 valence electrons. The number of epoxide rings is 1. The Labute approximate surface area is 124 Å². The Kier molecular flexibility index (Phi) is 3.40. The number of aryl methyl sites for hydroxylation is 1. The minimum atomic E-state index is -3.67. The first-order valence-electron chi connectivity index (χ1n) is 7.17. The van der Waals surface area contributed by atoms with E-state index < -0.39 is 39.2 Å². The number of fused-ring (bicyclic) bond motifs is 1. The second-order valence-electron chi connectivity index (χ2n) is 5.81. The van der Waals surface area contributed by atoms with Crippen LogP contribution in [0, 0.1) is 6.92 Å². The Morgan fingerprint density at radius 3 is 2.48 bits per heavy atom. The fraction of sp³-hybridized carbons (Fsp3) is 0.600. The number of sulfone groups is 1. The van der Waals surface area contributed by atoms with E-state index in [1.807, 2.05) is 13.8 Å². The van der Waals surface area contributed by atoms with E-state index in [9.17, 15) is 13.5 Å². The lowest BCUT2D eigenvalue weighted by Gasteiger charge is -2.22. The summed E-state index contributed by atoms with van der Waals surface area (Å²) in [5.41, 5.74) is 0.997. The molecule has 1 aromatic carbocycles. The first kappa shape index (κ1) is 15.0. The third-order valence-electron chi connectivity index (χ3n) is 4.32. The van der Waals surface area contributed by atoms with E-state index in [4.69, 9.17) is 9.47 Å². The summed E-state index contributed by atoms with van der Waals surface area (Å²) in [6.45, 7) is 5.36. The zero-order chi connectivity index (χ0) is 15.4. The summed E-state index contributed by atoms with van der Waals surface area (Å²) in [4.78, 5) is -1.09. The number of hydrogen-bond donors (Lipinski definition) is 1. The molecule has 3 rings (SSSR count). The molecule has 2 heterocycles. The first-order chi connectivity index (χ1) is 9.84. The van der Waals surface area contributed by atoms with Gasteiger partial charge in [-0.25, -0.2) is 8.42 Å². The highest BCUT2D eigenvalue weighted by atomic mass is 32.2. The molecule has 0 amide bonds. The van der Waals surface area contributed by atoms with E-state index in [1.54, 1.807) is 31.2 Å². The number of aliphatic hydroxyl groups is 1. The summed E-state index contributed by atoms with van der Waals surface area (Å²) in [6, 6.07) is 6.73. The van der Waals surface area contributed by atoms with Gasteiger partial charge in [0.25, 0.3) is 0 Å². The van der Waals surface area contributed by atoms with Crippen LogP contribution in [0.3, 0.4) is 0 Å². The largest absolute Gasteiger partial charge is 0.391 e. The third-order valence-corrected chi connectivity index (χ3v) is 6.64. The lowest BCUT2D eigenvalue weighted by Crippen LogP contribution is -2.36. The standard InChI is InChI=1S/C15H20O5S/c1-4-12-15(14(20-15)13(19-12)10(3)16)21(17,18)11-7-5-9(2)6-8-11/h5-8,10,12-14,16H,4H2,1-3H3/t10-,12-,13-,14-,15-/m0/s1. The molecule has 0 bridgehead atoms. The summed E-state index contributed by atoms with van der Waals surface area (Å²) in [6.07, 6.45) is -1.97. The molecule has 1 aromatic rings. The van der Waals surface area contributed by atoms with Gasteiger partial charge >= 0.3 is 0 Å². The summed E-state index contributed by atoms with van der Waals surface area (Å²) in [5, 5.41) is 9.75. The fourth-order valence-corrected chi connectivity index (χ4v) is 5.22. The molecule has 2 saturated heterocycles. The SMILES string of the molecule is CC[C@@H]1O[C@@H]([C@H](C)O)[C@@H]2O[C@]12S(=O)(=O)c1ccc(C)cc1. The summed E-state index contributed by atoms with van der Waals surface area (Å²) >= 11 is 0. The topological polar surface area (TPSA) is 76.1 Å². The van der Waals surface area contributed by atoms with E-state index in [0.29, 0.717) is 6.42 Å². The van der Waals surface area contributed by atoms with Crippen molar-refractivity contribution in [2.45, 2.75) is 61.4 Å². The molecule has 0 aliphatic carbocycles. The summed E-state index contributed by atoms with van der Waals surface area (Å²) in [7, 11) is -3.67.